The average Bonchev–Trinajstić information content (AvgIpc) is 3.27. The molecule has 11 nitrogen and oxygen atoms in total. The van der Waals surface area contributed by atoms with Crippen molar-refractivity contribution in [2.75, 3.05) is 61.4 Å². The van der Waals surface area contributed by atoms with Crippen LogP contribution in [0.15, 0.2) is 79.9 Å². The summed E-state index contributed by atoms with van der Waals surface area (Å²) < 4.78 is 46.6. The first-order valence-electron chi connectivity index (χ1n) is 20.5. The van der Waals surface area contributed by atoms with E-state index in [1.807, 2.05) is 54.6 Å². The van der Waals surface area contributed by atoms with Crippen LogP contribution in [0, 0.1) is 5.92 Å². The SMILES string of the molecule is C=CCOCCOc1cc(C(C(=O)N2CCCCC2C(=O)OC(CCc2ccc(OC)c(OC)c2)c2cccc(OCC=C)c2)C2CCCCC2)cc(OC)c1OC. The third kappa shape index (κ3) is 11.5. The van der Waals surface area contributed by atoms with Crippen molar-refractivity contribution in [3.05, 3.63) is 96.6 Å². The van der Waals surface area contributed by atoms with Gasteiger partial charge >= 0.3 is 5.97 Å². The summed E-state index contributed by atoms with van der Waals surface area (Å²) in [5, 5.41) is 0. The molecule has 1 saturated heterocycles. The fraction of sp³-hybridized carbons (Fsp3) is 0.489. The van der Waals surface area contributed by atoms with Crippen LogP contribution in [0.5, 0.6) is 34.5 Å². The monoisotopic (exact) mass is 799 g/mol. The van der Waals surface area contributed by atoms with Crippen LogP contribution in [-0.4, -0.2) is 84.2 Å². The molecule has 3 unspecified atom stereocenters. The van der Waals surface area contributed by atoms with Crippen molar-refractivity contribution in [2.45, 2.75) is 82.3 Å². The maximum absolute atomic E-state index is 15.2. The lowest BCUT2D eigenvalue weighted by Crippen LogP contribution is -2.51. The van der Waals surface area contributed by atoms with Crippen LogP contribution in [0.25, 0.3) is 0 Å². The largest absolute Gasteiger partial charge is 0.493 e. The number of aryl methyl sites for hydroxylation is 1. The first-order valence-corrected chi connectivity index (χ1v) is 20.5. The molecule has 1 aliphatic carbocycles. The lowest BCUT2D eigenvalue weighted by molar-refractivity contribution is -0.163. The molecule has 3 atom stereocenters. The molecular formula is C47H61NO10. The zero-order valence-electron chi connectivity index (χ0n) is 34.7. The normalized spacial score (nSPS) is 16.7. The number of hydrogen-bond acceptors (Lipinski definition) is 10. The fourth-order valence-corrected chi connectivity index (χ4v) is 8.12. The molecule has 0 bridgehead atoms. The molecule has 0 N–H and O–H groups in total. The summed E-state index contributed by atoms with van der Waals surface area (Å²) in [6.07, 6.45) is 11.0. The molecule has 0 spiro atoms. The Labute approximate surface area is 344 Å². The van der Waals surface area contributed by atoms with E-state index in [2.05, 4.69) is 13.2 Å². The third-order valence-corrected chi connectivity index (χ3v) is 11.0. The van der Waals surface area contributed by atoms with E-state index < -0.39 is 24.0 Å². The molecule has 1 heterocycles. The maximum atomic E-state index is 15.2. The molecule has 58 heavy (non-hydrogen) atoms. The Kier molecular flexibility index (Phi) is 17.2. The minimum Gasteiger partial charge on any atom is -0.493 e. The summed E-state index contributed by atoms with van der Waals surface area (Å²) in [5.74, 6) is 2.37. The lowest BCUT2D eigenvalue weighted by Gasteiger charge is -2.40. The summed E-state index contributed by atoms with van der Waals surface area (Å²) in [4.78, 5) is 31.5. The van der Waals surface area contributed by atoms with Crippen LogP contribution in [0.4, 0.5) is 0 Å². The predicted molar refractivity (Wildman–Crippen MR) is 224 cm³/mol. The highest BCUT2D eigenvalue weighted by molar-refractivity contribution is 5.89. The molecule has 1 saturated carbocycles. The van der Waals surface area contributed by atoms with E-state index in [0.29, 0.717) is 80.1 Å². The number of likely N-dealkylation sites (tertiary alicyclic amines) is 1. The lowest BCUT2D eigenvalue weighted by atomic mass is 9.75. The molecule has 0 aromatic heterocycles. The van der Waals surface area contributed by atoms with Crippen molar-refractivity contribution in [3.63, 3.8) is 0 Å². The minimum atomic E-state index is -0.742. The molecule has 0 radical (unpaired) electrons. The number of amides is 1. The molecule has 2 aliphatic rings. The van der Waals surface area contributed by atoms with Crippen LogP contribution in [0.1, 0.15) is 86.5 Å². The number of ether oxygens (including phenoxy) is 8. The van der Waals surface area contributed by atoms with E-state index in [4.69, 9.17) is 37.9 Å². The zero-order valence-corrected chi connectivity index (χ0v) is 34.7. The van der Waals surface area contributed by atoms with Gasteiger partial charge in [0.2, 0.25) is 11.7 Å². The summed E-state index contributed by atoms with van der Waals surface area (Å²) in [7, 11) is 6.36. The maximum Gasteiger partial charge on any atom is 0.329 e. The second kappa shape index (κ2) is 22.7. The molecule has 314 valence electrons. The smallest absolute Gasteiger partial charge is 0.329 e. The van der Waals surface area contributed by atoms with Gasteiger partial charge in [-0.15, -0.1) is 6.58 Å². The third-order valence-electron chi connectivity index (χ3n) is 11.0. The molecule has 3 aromatic carbocycles. The van der Waals surface area contributed by atoms with Gasteiger partial charge in [-0.1, -0.05) is 56.2 Å². The minimum absolute atomic E-state index is 0.0780. The second-order valence-electron chi connectivity index (χ2n) is 14.7. The number of esters is 1. The molecule has 11 heteroatoms. The molecule has 5 rings (SSSR count). The molecule has 1 aliphatic heterocycles. The Balaban J connectivity index is 1.45. The van der Waals surface area contributed by atoms with Crippen LogP contribution in [0.2, 0.25) is 0 Å². The number of benzene rings is 3. The molecule has 2 fully saturated rings. The van der Waals surface area contributed by atoms with Crippen molar-refractivity contribution < 1.29 is 47.5 Å². The fourth-order valence-electron chi connectivity index (χ4n) is 8.12. The van der Waals surface area contributed by atoms with Crippen LogP contribution in [0.3, 0.4) is 0 Å². The Morgan fingerprint density at radius 3 is 2.21 bits per heavy atom. The van der Waals surface area contributed by atoms with Gasteiger partial charge in [-0.3, -0.25) is 4.79 Å². The highest BCUT2D eigenvalue weighted by Crippen LogP contribution is 2.45. The molecule has 3 aromatic rings. The van der Waals surface area contributed by atoms with E-state index in [9.17, 15) is 4.79 Å². The van der Waals surface area contributed by atoms with E-state index in [1.54, 1.807) is 45.5 Å². The van der Waals surface area contributed by atoms with Crippen molar-refractivity contribution in [2.24, 2.45) is 5.92 Å². The molecule has 1 amide bonds. The van der Waals surface area contributed by atoms with Gasteiger partial charge in [-0.2, -0.15) is 0 Å². The Bertz CT molecular complexity index is 1800. The van der Waals surface area contributed by atoms with Gasteiger partial charge in [-0.25, -0.2) is 4.79 Å². The van der Waals surface area contributed by atoms with Gasteiger partial charge < -0.3 is 42.8 Å². The van der Waals surface area contributed by atoms with E-state index in [-0.39, 0.29) is 18.4 Å². The second-order valence-corrected chi connectivity index (χ2v) is 14.7. The Hall–Kier alpha value is -5.16. The van der Waals surface area contributed by atoms with Crippen molar-refractivity contribution >= 4 is 11.9 Å². The number of hydrogen-bond donors (Lipinski definition) is 0. The number of carbonyl (C=O) groups excluding carboxylic acids is 2. The topological polar surface area (TPSA) is 111 Å². The van der Waals surface area contributed by atoms with Gasteiger partial charge in [0.1, 0.15) is 31.1 Å². The summed E-state index contributed by atoms with van der Waals surface area (Å²) in [5.41, 5.74) is 2.58. The average molecular weight is 800 g/mol. The Morgan fingerprint density at radius 2 is 1.48 bits per heavy atom. The number of rotatable bonds is 22. The Morgan fingerprint density at radius 1 is 0.741 bits per heavy atom. The quantitative estimate of drug-likeness (QED) is 0.0556. The molecular weight excluding hydrogens is 739 g/mol. The highest BCUT2D eigenvalue weighted by atomic mass is 16.6. The van der Waals surface area contributed by atoms with E-state index in [0.717, 1.165) is 61.6 Å². The van der Waals surface area contributed by atoms with Gasteiger partial charge in [0, 0.05) is 6.54 Å². The van der Waals surface area contributed by atoms with Gasteiger partial charge in [0.15, 0.2) is 23.0 Å². The summed E-state index contributed by atoms with van der Waals surface area (Å²) in [6.45, 7) is 9.31. The highest BCUT2D eigenvalue weighted by Gasteiger charge is 2.41. The number of methoxy groups -OCH3 is 4. The van der Waals surface area contributed by atoms with E-state index >= 15 is 4.79 Å². The van der Waals surface area contributed by atoms with Gasteiger partial charge in [0.05, 0.1) is 47.6 Å². The first-order chi connectivity index (χ1) is 28.3. The van der Waals surface area contributed by atoms with Crippen molar-refractivity contribution in [1.82, 2.24) is 4.90 Å². The number of piperidine rings is 1. The summed E-state index contributed by atoms with van der Waals surface area (Å²) >= 11 is 0. The zero-order chi connectivity index (χ0) is 41.3. The number of nitrogens with zero attached hydrogens (tertiary/aromatic N) is 1. The van der Waals surface area contributed by atoms with E-state index in [1.165, 1.54) is 0 Å². The number of carbonyl (C=O) groups is 2. The van der Waals surface area contributed by atoms with Crippen LogP contribution in [-0.2, 0) is 25.5 Å². The predicted octanol–water partition coefficient (Wildman–Crippen LogP) is 8.83. The van der Waals surface area contributed by atoms with Crippen LogP contribution < -0.4 is 28.4 Å². The van der Waals surface area contributed by atoms with Crippen LogP contribution >= 0.6 is 0 Å². The van der Waals surface area contributed by atoms with Gasteiger partial charge in [0.25, 0.3) is 0 Å². The van der Waals surface area contributed by atoms with Crippen molar-refractivity contribution in [3.8, 4) is 34.5 Å². The standard InChI is InChI=1S/C47H61NO10/c1-7-25-55-27-28-57-43-32-36(31-42(53-5)45(43)54-6)44(34-15-10-9-11-16-34)46(49)48-24-13-12-19-38(48)47(50)58-39(35-17-14-18-37(30-35)56-26-8-2)22-20-33-21-23-40(51-3)41(29-33)52-4/h7-8,14,17-18,21,23,29-32,34,38-39,44H,1-2,9-13,15-16,19-20,22,24-28H2,3-6H3. The van der Waals surface area contributed by atoms with Gasteiger partial charge in [-0.05, 0) is 104 Å². The first kappa shape index (κ1) is 44.0. The van der Waals surface area contributed by atoms with Crippen molar-refractivity contribution in [1.29, 1.82) is 0 Å². The summed E-state index contributed by atoms with van der Waals surface area (Å²) in [6, 6.07) is 16.5.